The molecular weight excluding hydrogens is 354 g/mol. The number of hydrogen-bond acceptors (Lipinski definition) is 5. The van der Waals surface area contributed by atoms with Crippen LogP contribution in [0.3, 0.4) is 0 Å². The van der Waals surface area contributed by atoms with Crippen molar-refractivity contribution in [2.45, 2.75) is 12.6 Å². The van der Waals surface area contributed by atoms with Crippen LogP contribution in [0.4, 0.5) is 0 Å². The Morgan fingerprint density at radius 3 is 2.29 bits per heavy atom. The predicted molar refractivity (Wildman–Crippen MR) is 103 cm³/mol. The van der Waals surface area contributed by atoms with Crippen LogP contribution in [0.25, 0.3) is 5.76 Å². The second-order valence-corrected chi connectivity index (χ2v) is 6.44. The van der Waals surface area contributed by atoms with Gasteiger partial charge in [0, 0.05) is 36.9 Å². The lowest BCUT2D eigenvalue weighted by Crippen LogP contribution is -2.29. The highest BCUT2D eigenvalue weighted by Crippen LogP contribution is 2.39. The molecule has 1 fully saturated rings. The SMILES string of the molecule is O=C1C(=O)N(Cc2cccnc2)[C@@H](c2cccnc2)/C1=C(\O)c1ccccc1. The van der Waals surface area contributed by atoms with Crippen molar-refractivity contribution in [3.8, 4) is 0 Å². The minimum atomic E-state index is -0.728. The van der Waals surface area contributed by atoms with E-state index < -0.39 is 17.7 Å². The van der Waals surface area contributed by atoms with Gasteiger partial charge < -0.3 is 10.0 Å². The van der Waals surface area contributed by atoms with Crippen molar-refractivity contribution in [2.24, 2.45) is 0 Å². The number of carbonyl (C=O) groups excluding carboxylic acids is 2. The number of Topliss-reactive ketones (excluding diaryl/α,β-unsaturated/α-hetero) is 1. The first-order valence-electron chi connectivity index (χ1n) is 8.79. The van der Waals surface area contributed by atoms with Crippen molar-refractivity contribution in [1.82, 2.24) is 14.9 Å². The molecule has 1 N–H and O–H groups in total. The molecule has 3 aromatic rings. The number of benzene rings is 1. The number of ketones is 1. The van der Waals surface area contributed by atoms with Crippen molar-refractivity contribution in [1.29, 1.82) is 0 Å². The van der Waals surface area contributed by atoms with E-state index in [0.29, 0.717) is 11.1 Å². The summed E-state index contributed by atoms with van der Waals surface area (Å²) in [5.74, 6) is -1.56. The van der Waals surface area contributed by atoms with E-state index in [1.807, 2.05) is 12.1 Å². The Balaban J connectivity index is 1.85. The Bertz CT molecular complexity index is 1030. The van der Waals surface area contributed by atoms with E-state index in [2.05, 4.69) is 9.97 Å². The molecule has 0 aliphatic carbocycles. The first kappa shape index (κ1) is 17.6. The average molecular weight is 371 g/mol. The summed E-state index contributed by atoms with van der Waals surface area (Å²) in [5, 5.41) is 10.9. The summed E-state index contributed by atoms with van der Waals surface area (Å²) in [6, 6.07) is 15.2. The second kappa shape index (κ2) is 7.44. The van der Waals surface area contributed by atoms with Gasteiger partial charge in [-0.2, -0.15) is 0 Å². The quantitative estimate of drug-likeness (QED) is 0.433. The smallest absolute Gasteiger partial charge is 0.295 e. The second-order valence-electron chi connectivity index (χ2n) is 6.44. The molecule has 1 atom stereocenters. The van der Waals surface area contributed by atoms with Crippen LogP contribution in [-0.2, 0) is 16.1 Å². The lowest BCUT2D eigenvalue weighted by atomic mass is 9.96. The molecule has 1 aliphatic rings. The van der Waals surface area contributed by atoms with E-state index in [-0.39, 0.29) is 17.9 Å². The number of likely N-dealkylation sites (tertiary alicyclic amines) is 1. The number of amides is 1. The van der Waals surface area contributed by atoms with Gasteiger partial charge in [0.2, 0.25) is 0 Å². The van der Waals surface area contributed by atoms with Crippen LogP contribution >= 0.6 is 0 Å². The van der Waals surface area contributed by atoms with Crippen molar-refractivity contribution >= 4 is 17.4 Å². The molecule has 4 rings (SSSR count). The Hall–Kier alpha value is -3.80. The highest BCUT2D eigenvalue weighted by molar-refractivity contribution is 6.46. The molecule has 0 unspecified atom stereocenters. The normalized spacial score (nSPS) is 18.4. The van der Waals surface area contributed by atoms with Gasteiger partial charge in [0.05, 0.1) is 11.6 Å². The maximum atomic E-state index is 12.9. The van der Waals surface area contributed by atoms with Crippen LogP contribution in [0.1, 0.15) is 22.7 Å². The Kier molecular flexibility index (Phi) is 4.68. The number of hydrogen-bond donors (Lipinski definition) is 1. The van der Waals surface area contributed by atoms with Gasteiger partial charge in [0.25, 0.3) is 11.7 Å². The van der Waals surface area contributed by atoms with Gasteiger partial charge in [-0.3, -0.25) is 19.6 Å². The Morgan fingerprint density at radius 1 is 0.929 bits per heavy atom. The number of nitrogens with zero attached hydrogens (tertiary/aromatic N) is 3. The zero-order valence-corrected chi connectivity index (χ0v) is 14.9. The summed E-state index contributed by atoms with van der Waals surface area (Å²) in [5.41, 5.74) is 1.99. The van der Waals surface area contributed by atoms with Gasteiger partial charge in [0.15, 0.2) is 0 Å². The number of rotatable bonds is 4. The van der Waals surface area contributed by atoms with Crippen molar-refractivity contribution in [2.75, 3.05) is 0 Å². The highest BCUT2D eigenvalue weighted by Gasteiger charge is 2.46. The molecule has 1 aliphatic heterocycles. The summed E-state index contributed by atoms with van der Waals surface area (Å²) in [6.07, 6.45) is 6.52. The largest absolute Gasteiger partial charge is 0.507 e. The Morgan fingerprint density at radius 2 is 1.64 bits per heavy atom. The molecule has 28 heavy (non-hydrogen) atoms. The van der Waals surface area contributed by atoms with Crippen molar-refractivity contribution in [3.63, 3.8) is 0 Å². The fraction of sp³-hybridized carbons (Fsp3) is 0.0909. The van der Waals surface area contributed by atoms with E-state index in [1.165, 1.54) is 4.90 Å². The number of aliphatic hydroxyl groups excluding tert-OH is 1. The van der Waals surface area contributed by atoms with Crippen LogP contribution in [-0.4, -0.2) is 31.7 Å². The molecule has 1 saturated heterocycles. The van der Waals surface area contributed by atoms with Crippen LogP contribution in [0.5, 0.6) is 0 Å². The first-order valence-corrected chi connectivity index (χ1v) is 8.79. The molecule has 1 amide bonds. The van der Waals surface area contributed by atoms with E-state index in [0.717, 1.165) is 5.56 Å². The summed E-state index contributed by atoms with van der Waals surface area (Å²) < 4.78 is 0. The summed E-state index contributed by atoms with van der Waals surface area (Å²) >= 11 is 0. The zero-order chi connectivity index (χ0) is 19.5. The molecule has 0 radical (unpaired) electrons. The molecular formula is C22H17N3O3. The van der Waals surface area contributed by atoms with E-state index >= 15 is 0 Å². The minimum Gasteiger partial charge on any atom is -0.507 e. The lowest BCUT2D eigenvalue weighted by molar-refractivity contribution is -0.140. The fourth-order valence-corrected chi connectivity index (χ4v) is 3.37. The fourth-order valence-electron chi connectivity index (χ4n) is 3.37. The predicted octanol–water partition coefficient (Wildman–Crippen LogP) is 3.10. The van der Waals surface area contributed by atoms with Crippen molar-refractivity contribution < 1.29 is 14.7 Å². The van der Waals surface area contributed by atoms with Crippen LogP contribution in [0.2, 0.25) is 0 Å². The van der Waals surface area contributed by atoms with Crippen molar-refractivity contribution in [3.05, 3.63) is 102 Å². The van der Waals surface area contributed by atoms with Crippen LogP contribution < -0.4 is 0 Å². The van der Waals surface area contributed by atoms with E-state index in [9.17, 15) is 14.7 Å². The number of pyridine rings is 2. The number of carbonyl (C=O) groups is 2. The number of aliphatic hydroxyl groups is 1. The van der Waals surface area contributed by atoms with Crippen LogP contribution in [0.15, 0.2) is 85.0 Å². The van der Waals surface area contributed by atoms with Gasteiger partial charge >= 0.3 is 0 Å². The van der Waals surface area contributed by atoms with Gasteiger partial charge in [0.1, 0.15) is 5.76 Å². The monoisotopic (exact) mass is 371 g/mol. The molecule has 3 heterocycles. The molecule has 1 aromatic carbocycles. The number of aromatic nitrogens is 2. The topological polar surface area (TPSA) is 83.4 Å². The molecule has 0 bridgehead atoms. The van der Waals surface area contributed by atoms with E-state index in [4.69, 9.17) is 0 Å². The average Bonchev–Trinajstić information content (AvgIpc) is 3.00. The first-order chi connectivity index (χ1) is 13.7. The summed E-state index contributed by atoms with van der Waals surface area (Å²) in [4.78, 5) is 35.3. The molecule has 0 saturated carbocycles. The Labute approximate surface area is 161 Å². The lowest BCUT2D eigenvalue weighted by Gasteiger charge is -2.25. The third kappa shape index (κ3) is 3.16. The highest BCUT2D eigenvalue weighted by atomic mass is 16.3. The third-order valence-electron chi connectivity index (χ3n) is 4.66. The molecule has 6 heteroatoms. The molecule has 0 spiro atoms. The van der Waals surface area contributed by atoms with Gasteiger partial charge in [-0.05, 0) is 23.3 Å². The van der Waals surface area contributed by atoms with Gasteiger partial charge in [-0.15, -0.1) is 0 Å². The summed E-state index contributed by atoms with van der Waals surface area (Å²) in [6.45, 7) is 0.198. The van der Waals surface area contributed by atoms with Gasteiger partial charge in [-0.25, -0.2) is 0 Å². The standard InChI is InChI=1S/C22H17N3O3/c26-20(16-7-2-1-3-8-16)18-19(17-9-5-11-24-13-17)25(22(28)21(18)27)14-15-6-4-10-23-12-15/h1-13,19,26H,14H2/b20-18+/t19-/m0/s1. The third-order valence-corrected chi connectivity index (χ3v) is 4.66. The molecule has 138 valence electrons. The van der Waals surface area contributed by atoms with Gasteiger partial charge in [-0.1, -0.05) is 42.5 Å². The zero-order valence-electron chi connectivity index (χ0n) is 14.9. The maximum Gasteiger partial charge on any atom is 0.295 e. The maximum absolute atomic E-state index is 12.9. The van der Waals surface area contributed by atoms with E-state index in [1.54, 1.807) is 67.3 Å². The minimum absolute atomic E-state index is 0.0630. The molecule has 6 nitrogen and oxygen atoms in total. The van der Waals surface area contributed by atoms with Crippen LogP contribution in [0, 0.1) is 0 Å². The summed E-state index contributed by atoms with van der Waals surface area (Å²) in [7, 11) is 0. The molecule has 2 aromatic heterocycles.